The molecule has 1 aromatic heterocycles. The fourth-order valence-electron chi connectivity index (χ4n) is 3.84. The second kappa shape index (κ2) is 7.97. The van der Waals surface area contributed by atoms with Crippen LogP contribution in [0.3, 0.4) is 0 Å². The minimum absolute atomic E-state index is 0.00603. The molecule has 0 radical (unpaired) electrons. The lowest BCUT2D eigenvalue weighted by molar-refractivity contribution is 0.0940. The third-order valence-electron chi connectivity index (χ3n) is 5.48. The summed E-state index contributed by atoms with van der Waals surface area (Å²) in [5.74, 6) is 0.680. The Bertz CT molecular complexity index is 1060. The van der Waals surface area contributed by atoms with E-state index in [-0.39, 0.29) is 17.5 Å². The highest BCUT2D eigenvalue weighted by Gasteiger charge is 2.16. The Labute approximate surface area is 164 Å². The smallest absolute Gasteiger partial charge is 0.261 e. The van der Waals surface area contributed by atoms with Gasteiger partial charge in [0.2, 0.25) is 0 Å². The van der Waals surface area contributed by atoms with Crippen molar-refractivity contribution in [1.82, 2.24) is 14.9 Å². The van der Waals surface area contributed by atoms with Crippen molar-refractivity contribution in [3.8, 4) is 0 Å². The molecule has 2 heterocycles. The first-order valence-corrected chi connectivity index (χ1v) is 10.0. The molecule has 5 nitrogen and oxygen atoms in total. The summed E-state index contributed by atoms with van der Waals surface area (Å²) in [5, 5.41) is 3.60. The number of carbonyl (C=O) groups is 1. The SMILES string of the molecule is C[C@@H](NC(=O)c1ccc2c(=O)n3c(nc2c1)CCCCCC3)c1ccccc1. The molecule has 0 bridgehead atoms. The number of fused-ring (bicyclic) bond motifs is 2. The molecule has 2 aromatic carbocycles. The average Bonchev–Trinajstić information content (AvgIpc) is 2.69. The van der Waals surface area contributed by atoms with Crippen LogP contribution < -0.4 is 10.9 Å². The normalized spacial score (nSPS) is 15.3. The van der Waals surface area contributed by atoms with Crippen LogP contribution in [0.4, 0.5) is 0 Å². The molecule has 0 saturated carbocycles. The van der Waals surface area contributed by atoms with Gasteiger partial charge in [0.15, 0.2) is 0 Å². The van der Waals surface area contributed by atoms with Gasteiger partial charge < -0.3 is 5.32 Å². The van der Waals surface area contributed by atoms with E-state index in [1.165, 1.54) is 6.42 Å². The highest BCUT2D eigenvalue weighted by Crippen LogP contribution is 2.17. The van der Waals surface area contributed by atoms with Crippen molar-refractivity contribution in [2.75, 3.05) is 0 Å². The van der Waals surface area contributed by atoms with Crippen LogP contribution in [0.5, 0.6) is 0 Å². The van der Waals surface area contributed by atoms with Crippen molar-refractivity contribution in [3.05, 3.63) is 75.8 Å². The van der Waals surface area contributed by atoms with Crippen molar-refractivity contribution in [2.24, 2.45) is 0 Å². The molecule has 5 heteroatoms. The largest absolute Gasteiger partial charge is 0.346 e. The lowest BCUT2D eigenvalue weighted by Crippen LogP contribution is -2.28. The van der Waals surface area contributed by atoms with Crippen molar-refractivity contribution in [2.45, 2.75) is 51.6 Å². The van der Waals surface area contributed by atoms with Gasteiger partial charge in [-0.25, -0.2) is 4.98 Å². The maximum atomic E-state index is 12.9. The van der Waals surface area contributed by atoms with E-state index in [4.69, 9.17) is 4.98 Å². The molecule has 3 aromatic rings. The highest BCUT2D eigenvalue weighted by atomic mass is 16.1. The molecule has 4 rings (SSSR count). The maximum absolute atomic E-state index is 12.9. The van der Waals surface area contributed by atoms with Crippen molar-refractivity contribution in [1.29, 1.82) is 0 Å². The molecule has 0 spiro atoms. The Morgan fingerprint density at radius 3 is 2.68 bits per heavy atom. The van der Waals surface area contributed by atoms with Crippen LogP contribution in [0.15, 0.2) is 53.3 Å². The van der Waals surface area contributed by atoms with Crippen LogP contribution in [-0.2, 0) is 13.0 Å². The Morgan fingerprint density at radius 2 is 1.86 bits per heavy atom. The number of nitrogens with zero attached hydrogens (tertiary/aromatic N) is 2. The van der Waals surface area contributed by atoms with E-state index < -0.39 is 0 Å². The summed E-state index contributed by atoms with van der Waals surface area (Å²) in [4.78, 5) is 30.4. The topological polar surface area (TPSA) is 64.0 Å². The van der Waals surface area contributed by atoms with E-state index in [1.54, 1.807) is 18.2 Å². The molecular weight excluding hydrogens is 350 g/mol. The van der Waals surface area contributed by atoms with Crippen LogP contribution in [0, 0.1) is 0 Å². The van der Waals surface area contributed by atoms with Crippen LogP contribution in [-0.4, -0.2) is 15.5 Å². The first kappa shape index (κ1) is 18.4. The molecule has 0 unspecified atom stereocenters. The highest BCUT2D eigenvalue weighted by molar-refractivity contribution is 5.97. The molecular formula is C23H25N3O2. The van der Waals surface area contributed by atoms with Crippen LogP contribution in [0.25, 0.3) is 10.9 Å². The molecule has 0 fully saturated rings. The zero-order valence-corrected chi connectivity index (χ0v) is 16.1. The fourth-order valence-corrected chi connectivity index (χ4v) is 3.84. The predicted molar refractivity (Wildman–Crippen MR) is 110 cm³/mol. The molecule has 1 N–H and O–H groups in total. The van der Waals surface area contributed by atoms with E-state index in [1.807, 2.05) is 41.8 Å². The number of amides is 1. The van der Waals surface area contributed by atoms with E-state index in [0.29, 0.717) is 16.5 Å². The quantitative estimate of drug-likeness (QED) is 0.752. The molecule has 1 aliphatic heterocycles. The second-order valence-corrected chi connectivity index (χ2v) is 7.49. The number of hydrogen-bond acceptors (Lipinski definition) is 3. The van der Waals surface area contributed by atoms with Crippen molar-refractivity contribution < 1.29 is 4.79 Å². The molecule has 1 aliphatic rings. The van der Waals surface area contributed by atoms with Gasteiger partial charge in [-0.3, -0.25) is 14.2 Å². The van der Waals surface area contributed by atoms with Gasteiger partial charge in [-0.2, -0.15) is 0 Å². The number of nitrogens with one attached hydrogen (secondary N) is 1. The average molecular weight is 375 g/mol. The number of hydrogen-bond donors (Lipinski definition) is 1. The van der Waals surface area contributed by atoms with Crippen LogP contribution in [0.2, 0.25) is 0 Å². The molecule has 28 heavy (non-hydrogen) atoms. The van der Waals surface area contributed by atoms with Gasteiger partial charge >= 0.3 is 0 Å². The van der Waals surface area contributed by atoms with Gasteiger partial charge in [-0.15, -0.1) is 0 Å². The van der Waals surface area contributed by atoms with Gasteiger partial charge in [0, 0.05) is 18.5 Å². The zero-order chi connectivity index (χ0) is 19.5. The third-order valence-corrected chi connectivity index (χ3v) is 5.48. The minimum atomic E-state index is -0.160. The number of benzene rings is 2. The first-order chi connectivity index (χ1) is 13.6. The Kier molecular flexibility index (Phi) is 5.24. The number of aromatic nitrogens is 2. The van der Waals surface area contributed by atoms with Gasteiger partial charge in [0.05, 0.1) is 16.9 Å². The Hall–Kier alpha value is -2.95. The Balaban J connectivity index is 1.64. The summed E-state index contributed by atoms with van der Waals surface area (Å²) in [6.45, 7) is 2.69. The summed E-state index contributed by atoms with van der Waals surface area (Å²) in [6, 6.07) is 14.9. The first-order valence-electron chi connectivity index (χ1n) is 10.0. The summed E-state index contributed by atoms with van der Waals surface area (Å²) >= 11 is 0. The van der Waals surface area contributed by atoms with Crippen molar-refractivity contribution >= 4 is 16.8 Å². The fraction of sp³-hybridized carbons (Fsp3) is 0.348. The molecule has 1 amide bonds. The lowest BCUT2D eigenvalue weighted by Gasteiger charge is -2.17. The predicted octanol–water partition coefficient (Wildman–Crippen LogP) is 4.00. The number of carbonyl (C=O) groups excluding carboxylic acids is 1. The third kappa shape index (κ3) is 3.70. The van der Waals surface area contributed by atoms with Gasteiger partial charge in [0.25, 0.3) is 11.5 Å². The summed E-state index contributed by atoms with van der Waals surface area (Å²) < 4.78 is 1.82. The number of aryl methyl sites for hydroxylation is 1. The van der Waals surface area contributed by atoms with Crippen molar-refractivity contribution in [3.63, 3.8) is 0 Å². The molecule has 144 valence electrons. The minimum Gasteiger partial charge on any atom is -0.346 e. The number of rotatable bonds is 3. The molecule has 0 aliphatic carbocycles. The van der Waals surface area contributed by atoms with Gasteiger partial charge in [0.1, 0.15) is 5.82 Å². The van der Waals surface area contributed by atoms with E-state index in [2.05, 4.69) is 5.32 Å². The summed E-state index contributed by atoms with van der Waals surface area (Å²) in [6.07, 6.45) is 5.20. The van der Waals surface area contributed by atoms with Gasteiger partial charge in [-0.05, 0) is 43.5 Å². The second-order valence-electron chi connectivity index (χ2n) is 7.49. The molecule has 0 saturated heterocycles. The maximum Gasteiger partial charge on any atom is 0.261 e. The Morgan fingerprint density at radius 1 is 1.07 bits per heavy atom. The van der Waals surface area contributed by atoms with E-state index >= 15 is 0 Å². The monoisotopic (exact) mass is 375 g/mol. The van der Waals surface area contributed by atoms with Crippen LogP contribution in [0.1, 0.15) is 60.4 Å². The summed E-state index contributed by atoms with van der Waals surface area (Å²) in [5.41, 5.74) is 2.19. The van der Waals surface area contributed by atoms with E-state index in [9.17, 15) is 9.59 Å². The van der Waals surface area contributed by atoms with Crippen LogP contribution >= 0.6 is 0 Å². The van der Waals surface area contributed by atoms with Gasteiger partial charge in [-0.1, -0.05) is 43.2 Å². The van der Waals surface area contributed by atoms with E-state index in [0.717, 1.165) is 43.6 Å². The summed E-state index contributed by atoms with van der Waals surface area (Å²) in [7, 11) is 0. The zero-order valence-electron chi connectivity index (χ0n) is 16.1. The standard InChI is InChI=1S/C23H25N3O2/c1-16(17-9-5-4-6-10-17)24-22(27)18-12-13-19-20(15-18)25-21-11-7-2-3-8-14-26(21)23(19)28/h4-6,9-10,12-13,15-16H,2-3,7-8,11,14H2,1H3,(H,24,27)/t16-/m1/s1. The lowest BCUT2D eigenvalue weighted by atomic mass is 10.1. The molecule has 1 atom stereocenters.